The Kier molecular flexibility index (Phi) is 8.48. The van der Waals surface area contributed by atoms with Crippen molar-refractivity contribution in [2.75, 3.05) is 6.54 Å². The predicted molar refractivity (Wildman–Crippen MR) is 132 cm³/mol. The summed E-state index contributed by atoms with van der Waals surface area (Å²) < 4.78 is 67.1. The molecule has 0 saturated heterocycles. The molecule has 33 heavy (non-hydrogen) atoms. The van der Waals surface area contributed by atoms with Gasteiger partial charge in [0.2, 0.25) is 0 Å². The lowest BCUT2D eigenvalue weighted by molar-refractivity contribution is -0.0435. The molecule has 2 N–H and O–H groups in total. The SMILES string of the molecule is CC(C)[Si](C#Cc1c(CCCN)cc2ccccc2c1S(=O)(=O)C(F)(F)F)(C(C)C)C(C)C. The summed E-state index contributed by atoms with van der Waals surface area (Å²) in [4.78, 5) is -0.730. The van der Waals surface area contributed by atoms with Gasteiger partial charge in [-0.25, -0.2) is 8.42 Å². The molecular formula is C25H34F3NO2SSi. The van der Waals surface area contributed by atoms with Gasteiger partial charge in [0, 0.05) is 10.9 Å². The first-order valence-electron chi connectivity index (χ1n) is 11.3. The summed E-state index contributed by atoms with van der Waals surface area (Å²) in [6.45, 7) is 12.9. The van der Waals surface area contributed by atoms with Crippen LogP contribution in [-0.4, -0.2) is 28.5 Å². The molecular weight excluding hydrogens is 463 g/mol. The van der Waals surface area contributed by atoms with Gasteiger partial charge in [-0.3, -0.25) is 0 Å². The standard InChI is InChI=1S/C25H34F3NO2SSi/c1-17(2)33(18(3)4,19(5)6)15-13-23-21(11-9-14-29)16-20-10-7-8-12-22(20)24(23)32(30,31)25(26,27)28/h7-8,10,12,16-19H,9,11,14,29H2,1-6H3. The molecule has 0 spiro atoms. The molecule has 182 valence electrons. The summed E-state index contributed by atoms with van der Waals surface area (Å²) >= 11 is 0. The minimum atomic E-state index is -5.63. The third kappa shape index (κ3) is 5.15. The molecule has 2 aromatic rings. The summed E-state index contributed by atoms with van der Waals surface area (Å²) in [6.07, 6.45) is 0.866. The van der Waals surface area contributed by atoms with Crippen LogP contribution in [0.2, 0.25) is 16.6 Å². The molecule has 0 aliphatic carbocycles. The predicted octanol–water partition coefficient (Wildman–Crippen LogP) is 6.59. The maximum absolute atomic E-state index is 13.8. The Labute approximate surface area is 196 Å². The van der Waals surface area contributed by atoms with Crippen molar-refractivity contribution >= 4 is 28.7 Å². The highest BCUT2D eigenvalue weighted by molar-refractivity contribution is 7.92. The van der Waals surface area contributed by atoms with Gasteiger partial charge in [-0.2, -0.15) is 13.2 Å². The van der Waals surface area contributed by atoms with Crippen LogP contribution in [0.4, 0.5) is 13.2 Å². The van der Waals surface area contributed by atoms with E-state index >= 15 is 0 Å². The highest BCUT2D eigenvalue weighted by Gasteiger charge is 2.49. The molecule has 0 aliphatic rings. The molecule has 0 unspecified atom stereocenters. The molecule has 0 bridgehead atoms. The number of halogens is 3. The van der Waals surface area contributed by atoms with Gasteiger partial charge in [0.15, 0.2) is 0 Å². The molecule has 2 aromatic carbocycles. The number of alkyl halides is 3. The zero-order valence-corrected chi connectivity index (χ0v) is 22.0. The van der Waals surface area contributed by atoms with Crippen LogP contribution in [0.15, 0.2) is 35.2 Å². The minimum Gasteiger partial charge on any atom is -0.330 e. The van der Waals surface area contributed by atoms with Crippen molar-refractivity contribution in [2.45, 2.75) is 81.4 Å². The van der Waals surface area contributed by atoms with Crippen molar-refractivity contribution < 1.29 is 21.6 Å². The maximum Gasteiger partial charge on any atom is 0.501 e. The number of aryl methyl sites for hydroxylation is 1. The second-order valence-electron chi connectivity index (χ2n) is 9.45. The zero-order valence-electron chi connectivity index (χ0n) is 20.2. The van der Waals surface area contributed by atoms with Crippen LogP contribution < -0.4 is 5.73 Å². The van der Waals surface area contributed by atoms with Crippen LogP contribution in [0.5, 0.6) is 0 Å². The van der Waals surface area contributed by atoms with E-state index in [1.54, 1.807) is 24.3 Å². The van der Waals surface area contributed by atoms with E-state index in [0.717, 1.165) is 0 Å². The minimum absolute atomic E-state index is 0.0294. The molecule has 0 heterocycles. The Hall–Kier alpha value is -1.82. The third-order valence-electron chi connectivity index (χ3n) is 6.58. The van der Waals surface area contributed by atoms with Crippen LogP contribution in [0, 0.1) is 11.5 Å². The number of rotatable bonds is 7. The van der Waals surface area contributed by atoms with Gasteiger partial charge in [0.1, 0.15) is 8.07 Å². The van der Waals surface area contributed by atoms with Crippen molar-refractivity contribution in [1.29, 1.82) is 0 Å². The lowest BCUT2D eigenvalue weighted by Gasteiger charge is -2.38. The second kappa shape index (κ2) is 10.2. The van der Waals surface area contributed by atoms with Crippen LogP contribution >= 0.6 is 0 Å². The van der Waals surface area contributed by atoms with E-state index < -0.39 is 28.3 Å². The summed E-state index contributed by atoms with van der Waals surface area (Å²) in [5.41, 5.74) is 4.87. The summed E-state index contributed by atoms with van der Waals surface area (Å²) in [7, 11) is -7.95. The molecule has 0 aliphatic heterocycles. The molecule has 0 saturated carbocycles. The Bertz CT molecular complexity index is 1140. The largest absolute Gasteiger partial charge is 0.501 e. The Morgan fingerprint density at radius 3 is 2.03 bits per heavy atom. The molecule has 0 radical (unpaired) electrons. The van der Waals surface area contributed by atoms with Crippen LogP contribution in [0.3, 0.4) is 0 Å². The number of hydrogen-bond acceptors (Lipinski definition) is 3. The monoisotopic (exact) mass is 497 g/mol. The molecule has 8 heteroatoms. The van der Waals surface area contributed by atoms with E-state index in [4.69, 9.17) is 5.73 Å². The molecule has 0 aromatic heterocycles. The van der Waals surface area contributed by atoms with E-state index in [1.165, 1.54) is 6.07 Å². The van der Waals surface area contributed by atoms with Crippen LogP contribution in [0.1, 0.15) is 59.1 Å². The highest BCUT2D eigenvalue weighted by atomic mass is 32.2. The van der Waals surface area contributed by atoms with Crippen LogP contribution in [0.25, 0.3) is 10.8 Å². The number of nitrogens with two attached hydrogens (primary N) is 1. The van der Waals surface area contributed by atoms with E-state index in [9.17, 15) is 21.6 Å². The van der Waals surface area contributed by atoms with Gasteiger partial charge >= 0.3 is 5.51 Å². The smallest absolute Gasteiger partial charge is 0.330 e. The van der Waals surface area contributed by atoms with Crippen molar-refractivity contribution in [3.05, 3.63) is 41.5 Å². The number of fused-ring (bicyclic) bond motifs is 1. The van der Waals surface area contributed by atoms with Gasteiger partial charge in [-0.1, -0.05) is 71.7 Å². The Balaban J connectivity index is 3.06. The first kappa shape index (κ1) is 27.4. The van der Waals surface area contributed by atoms with E-state index in [-0.39, 0.29) is 27.6 Å². The first-order chi connectivity index (χ1) is 15.2. The fourth-order valence-electron chi connectivity index (χ4n) is 5.00. The van der Waals surface area contributed by atoms with E-state index in [1.807, 2.05) is 0 Å². The maximum atomic E-state index is 13.8. The average molecular weight is 498 g/mol. The molecule has 3 nitrogen and oxygen atoms in total. The zero-order chi connectivity index (χ0) is 25.2. The third-order valence-corrected chi connectivity index (χ3v) is 14.4. The van der Waals surface area contributed by atoms with E-state index in [2.05, 4.69) is 53.0 Å². The molecule has 2 rings (SSSR count). The summed E-state index contributed by atoms with van der Waals surface area (Å²) in [5.74, 6) is 3.04. The van der Waals surface area contributed by atoms with Crippen molar-refractivity contribution in [2.24, 2.45) is 5.73 Å². The van der Waals surface area contributed by atoms with Crippen molar-refractivity contribution in [1.82, 2.24) is 0 Å². The van der Waals surface area contributed by atoms with Crippen molar-refractivity contribution in [3.8, 4) is 11.5 Å². The lowest BCUT2D eigenvalue weighted by atomic mass is 9.98. The van der Waals surface area contributed by atoms with Gasteiger partial charge in [-0.15, -0.1) is 5.54 Å². The molecule has 0 atom stereocenters. The fourth-order valence-corrected chi connectivity index (χ4v) is 11.4. The number of hydrogen-bond donors (Lipinski definition) is 1. The summed E-state index contributed by atoms with van der Waals surface area (Å²) in [5, 5.41) is 0.486. The highest BCUT2D eigenvalue weighted by Crippen LogP contribution is 2.42. The fraction of sp³-hybridized carbons (Fsp3) is 0.520. The molecule has 0 amide bonds. The average Bonchev–Trinajstić information content (AvgIpc) is 2.70. The van der Waals surface area contributed by atoms with E-state index in [0.29, 0.717) is 30.3 Å². The molecule has 0 fully saturated rings. The quantitative estimate of drug-likeness (QED) is 0.347. The van der Waals surface area contributed by atoms with Gasteiger partial charge in [-0.05, 0) is 53.0 Å². The normalized spacial score (nSPS) is 13.1. The van der Waals surface area contributed by atoms with Gasteiger partial charge in [0.25, 0.3) is 9.84 Å². The Morgan fingerprint density at radius 1 is 1.00 bits per heavy atom. The van der Waals surface area contributed by atoms with Crippen LogP contribution in [-0.2, 0) is 16.3 Å². The number of sulfone groups is 1. The van der Waals surface area contributed by atoms with Gasteiger partial charge < -0.3 is 5.73 Å². The van der Waals surface area contributed by atoms with Crippen molar-refractivity contribution in [3.63, 3.8) is 0 Å². The number of benzene rings is 2. The van der Waals surface area contributed by atoms with Gasteiger partial charge in [0.05, 0.1) is 4.90 Å². The topological polar surface area (TPSA) is 60.2 Å². The summed E-state index contributed by atoms with van der Waals surface area (Å²) in [6, 6.07) is 8.03. The second-order valence-corrected chi connectivity index (χ2v) is 16.9. The Morgan fingerprint density at radius 2 is 1.55 bits per heavy atom. The lowest BCUT2D eigenvalue weighted by Crippen LogP contribution is -2.43. The first-order valence-corrected chi connectivity index (χ1v) is 15.0.